The maximum absolute atomic E-state index is 12.5. The van der Waals surface area contributed by atoms with Crippen molar-refractivity contribution < 1.29 is 14.7 Å². The van der Waals surface area contributed by atoms with Gasteiger partial charge in [0.2, 0.25) is 0 Å². The number of amides is 1. The van der Waals surface area contributed by atoms with Crippen LogP contribution in [0.1, 0.15) is 26.0 Å². The first-order valence-corrected chi connectivity index (χ1v) is 7.09. The standard InChI is InChI=1S/C15H13NO3S/c1-9-6-7-13(20-9)14(17)16-8-11(15(18)19)10-4-2-3-5-12(10)16/h2-7,11H,8H2,1H3,(H,18,19)/t11-/m1/s1. The number of carbonyl (C=O) groups excluding carboxylic acids is 1. The normalized spacial score (nSPS) is 17.1. The van der Waals surface area contributed by atoms with Gasteiger partial charge in [-0.05, 0) is 30.7 Å². The summed E-state index contributed by atoms with van der Waals surface area (Å²) in [6, 6.07) is 10.9. The fourth-order valence-corrected chi connectivity index (χ4v) is 3.31. The molecule has 3 rings (SSSR count). The van der Waals surface area contributed by atoms with Gasteiger partial charge in [-0.25, -0.2) is 0 Å². The van der Waals surface area contributed by atoms with Crippen molar-refractivity contribution in [2.75, 3.05) is 11.4 Å². The Bertz CT molecular complexity index is 692. The molecule has 4 nitrogen and oxygen atoms in total. The average Bonchev–Trinajstić information content (AvgIpc) is 3.02. The highest BCUT2D eigenvalue weighted by molar-refractivity contribution is 7.14. The van der Waals surface area contributed by atoms with Crippen LogP contribution >= 0.6 is 11.3 Å². The molecular formula is C15H13NO3S. The van der Waals surface area contributed by atoms with Crippen LogP contribution in [-0.4, -0.2) is 23.5 Å². The molecule has 1 amide bonds. The summed E-state index contributed by atoms with van der Waals surface area (Å²) < 4.78 is 0. The van der Waals surface area contributed by atoms with Crippen LogP contribution in [0, 0.1) is 6.92 Å². The van der Waals surface area contributed by atoms with E-state index in [1.165, 1.54) is 11.3 Å². The third kappa shape index (κ3) is 2.00. The Kier molecular flexibility index (Phi) is 3.06. The first kappa shape index (κ1) is 12.9. The van der Waals surface area contributed by atoms with E-state index in [-0.39, 0.29) is 12.5 Å². The van der Waals surface area contributed by atoms with Crippen molar-refractivity contribution in [1.82, 2.24) is 0 Å². The Morgan fingerprint density at radius 3 is 2.65 bits per heavy atom. The monoisotopic (exact) mass is 287 g/mol. The number of para-hydroxylation sites is 1. The van der Waals surface area contributed by atoms with E-state index in [9.17, 15) is 14.7 Å². The Morgan fingerprint density at radius 2 is 2.00 bits per heavy atom. The van der Waals surface area contributed by atoms with Crippen molar-refractivity contribution >= 4 is 28.9 Å². The molecule has 1 aromatic heterocycles. The highest BCUT2D eigenvalue weighted by atomic mass is 32.1. The van der Waals surface area contributed by atoms with Crippen molar-refractivity contribution in [2.24, 2.45) is 0 Å². The number of hydrogen-bond donors (Lipinski definition) is 1. The minimum Gasteiger partial charge on any atom is -0.481 e. The molecule has 0 spiro atoms. The zero-order valence-electron chi connectivity index (χ0n) is 10.9. The highest BCUT2D eigenvalue weighted by Crippen LogP contribution is 2.37. The largest absolute Gasteiger partial charge is 0.481 e. The number of carbonyl (C=O) groups is 2. The molecule has 0 fully saturated rings. The van der Waals surface area contributed by atoms with Crippen molar-refractivity contribution in [3.63, 3.8) is 0 Å². The lowest BCUT2D eigenvalue weighted by Gasteiger charge is -2.16. The van der Waals surface area contributed by atoms with Gasteiger partial charge in [0.1, 0.15) is 5.92 Å². The number of benzene rings is 1. The lowest BCUT2D eigenvalue weighted by molar-refractivity contribution is -0.138. The van der Waals surface area contributed by atoms with E-state index in [2.05, 4.69) is 0 Å². The summed E-state index contributed by atoms with van der Waals surface area (Å²) in [6.45, 7) is 2.14. The van der Waals surface area contributed by atoms with E-state index < -0.39 is 11.9 Å². The number of anilines is 1. The molecule has 0 aliphatic carbocycles. The van der Waals surface area contributed by atoms with Gasteiger partial charge in [-0.3, -0.25) is 9.59 Å². The van der Waals surface area contributed by atoms with E-state index >= 15 is 0 Å². The maximum atomic E-state index is 12.5. The SMILES string of the molecule is Cc1ccc(C(=O)N2C[C@@H](C(=O)O)c3ccccc32)s1. The lowest BCUT2D eigenvalue weighted by atomic mass is 10.0. The second-order valence-electron chi connectivity index (χ2n) is 4.78. The summed E-state index contributed by atoms with van der Waals surface area (Å²) in [5.41, 5.74) is 1.41. The summed E-state index contributed by atoms with van der Waals surface area (Å²) >= 11 is 1.43. The van der Waals surface area contributed by atoms with E-state index in [0.29, 0.717) is 16.1 Å². The smallest absolute Gasteiger partial charge is 0.312 e. The van der Waals surface area contributed by atoms with Crippen molar-refractivity contribution in [3.05, 3.63) is 51.7 Å². The maximum Gasteiger partial charge on any atom is 0.312 e. The Balaban J connectivity index is 2.00. The summed E-state index contributed by atoms with van der Waals surface area (Å²) in [6.07, 6.45) is 0. The fraction of sp³-hybridized carbons (Fsp3) is 0.200. The minimum absolute atomic E-state index is 0.126. The number of aryl methyl sites for hydroxylation is 1. The predicted molar refractivity (Wildman–Crippen MR) is 77.6 cm³/mol. The molecule has 1 N–H and O–H groups in total. The van der Waals surface area contributed by atoms with Crippen LogP contribution in [0.3, 0.4) is 0 Å². The van der Waals surface area contributed by atoms with Gasteiger partial charge in [0.25, 0.3) is 5.91 Å². The number of nitrogens with zero attached hydrogens (tertiary/aromatic N) is 1. The quantitative estimate of drug-likeness (QED) is 0.924. The van der Waals surface area contributed by atoms with E-state index in [4.69, 9.17) is 0 Å². The van der Waals surface area contributed by atoms with Gasteiger partial charge in [0, 0.05) is 17.1 Å². The Labute approximate surface area is 120 Å². The first-order chi connectivity index (χ1) is 9.58. The van der Waals surface area contributed by atoms with Crippen LogP contribution < -0.4 is 4.90 Å². The van der Waals surface area contributed by atoms with E-state index in [0.717, 1.165) is 4.88 Å². The number of hydrogen-bond acceptors (Lipinski definition) is 3. The molecule has 1 aromatic carbocycles. The molecule has 1 aliphatic heterocycles. The third-order valence-corrected chi connectivity index (χ3v) is 4.45. The molecule has 0 radical (unpaired) electrons. The number of carboxylic acid groups (broad SMARTS) is 1. The van der Waals surface area contributed by atoms with Crippen molar-refractivity contribution in [2.45, 2.75) is 12.8 Å². The average molecular weight is 287 g/mol. The molecule has 1 aliphatic rings. The molecule has 2 heterocycles. The van der Waals surface area contributed by atoms with Crippen LogP contribution in [0.4, 0.5) is 5.69 Å². The summed E-state index contributed by atoms with van der Waals surface area (Å²) in [4.78, 5) is 27.1. The summed E-state index contributed by atoms with van der Waals surface area (Å²) in [7, 11) is 0. The van der Waals surface area contributed by atoms with Crippen molar-refractivity contribution in [1.29, 1.82) is 0 Å². The lowest BCUT2D eigenvalue weighted by Crippen LogP contribution is -2.30. The first-order valence-electron chi connectivity index (χ1n) is 6.28. The van der Waals surface area contributed by atoms with Crippen molar-refractivity contribution in [3.8, 4) is 0 Å². The molecule has 102 valence electrons. The second kappa shape index (κ2) is 4.76. The van der Waals surface area contributed by atoms with Gasteiger partial charge in [-0.15, -0.1) is 11.3 Å². The molecule has 2 aromatic rings. The molecular weight excluding hydrogens is 274 g/mol. The van der Waals surface area contributed by atoms with Crippen LogP contribution in [0.5, 0.6) is 0 Å². The van der Waals surface area contributed by atoms with Gasteiger partial charge in [-0.1, -0.05) is 18.2 Å². The number of rotatable bonds is 2. The highest BCUT2D eigenvalue weighted by Gasteiger charge is 2.36. The van der Waals surface area contributed by atoms with Crippen LogP contribution in [0.2, 0.25) is 0 Å². The molecule has 0 unspecified atom stereocenters. The fourth-order valence-electron chi connectivity index (χ4n) is 2.49. The molecule has 0 saturated carbocycles. The number of aliphatic carboxylic acids is 1. The Morgan fingerprint density at radius 1 is 1.25 bits per heavy atom. The predicted octanol–water partition coefficient (Wildman–Crippen LogP) is 2.89. The number of fused-ring (bicyclic) bond motifs is 1. The summed E-state index contributed by atoms with van der Waals surface area (Å²) in [5, 5.41) is 9.30. The summed E-state index contributed by atoms with van der Waals surface area (Å²) in [5.74, 6) is -1.66. The van der Waals surface area contributed by atoms with Crippen LogP contribution in [0.15, 0.2) is 36.4 Å². The molecule has 20 heavy (non-hydrogen) atoms. The van der Waals surface area contributed by atoms with Gasteiger partial charge in [-0.2, -0.15) is 0 Å². The van der Waals surface area contributed by atoms with Gasteiger partial charge in [0.15, 0.2) is 0 Å². The van der Waals surface area contributed by atoms with Crippen LogP contribution in [0.25, 0.3) is 0 Å². The zero-order valence-corrected chi connectivity index (χ0v) is 11.7. The topological polar surface area (TPSA) is 57.6 Å². The van der Waals surface area contributed by atoms with E-state index in [1.807, 2.05) is 19.1 Å². The number of carboxylic acids is 1. The molecule has 0 saturated heterocycles. The molecule has 5 heteroatoms. The van der Waals surface area contributed by atoms with Gasteiger partial charge >= 0.3 is 5.97 Å². The zero-order chi connectivity index (χ0) is 14.3. The van der Waals surface area contributed by atoms with E-state index in [1.54, 1.807) is 29.2 Å². The Hall–Kier alpha value is -2.14. The molecule has 0 bridgehead atoms. The van der Waals surface area contributed by atoms with Crippen LogP contribution in [-0.2, 0) is 4.79 Å². The third-order valence-electron chi connectivity index (χ3n) is 3.46. The minimum atomic E-state index is -0.893. The number of thiophene rings is 1. The van der Waals surface area contributed by atoms with Gasteiger partial charge in [0.05, 0.1) is 4.88 Å². The van der Waals surface area contributed by atoms with Gasteiger partial charge < -0.3 is 10.0 Å². The molecule has 1 atom stereocenters. The second-order valence-corrected chi connectivity index (χ2v) is 6.06.